The van der Waals surface area contributed by atoms with Crippen LogP contribution in [0.2, 0.25) is 0 Å². The van der Waals surface area contributed by atoms with Crippen LogP contribution in [0.4, 0.5) is 0 Å². The van der Waals surface area contributed by atoms with Crippen molar-refractivity contribution in [1.29, 1.82) is 10.5 Å². The van der Waals surface area contributed by atoms with Crippen LogP contribution in [0, 0.1) is 22.7 Å². The maximum absolute atomic E-state index is 8.04. The molecule has 0 aliphatic rings. The summed E-state index contributed by atoms with van der Waals surface area (Å²) in [5.74, 6) is 0. The Morgan fingerprint density at radius 3 is 1.22 bits per heavy atom. The van der Waals surface area contributed by atoms with Gasteiger partial charge in [0.1, 0.15) is 0 Å². The predicted octanol–water partition coefficient (Wildman–Crippen LogP) is 3.15. The van der Waals surface area contributed by atoms with Crippen molar-refractivity contribution in [3.63, 3.8) is 0 Å². The fraction of sp³-hybridized carbons (Fsp3) is 0.857. The Morgan fingerprint density at radius 1 is 0.722 bits per heavy atom. The number of aliphatic hydroxyl groups excluding tert-OH is 2. The molecule has 0 bridgehead atoms. The van der Waals surface area contributed by atoms with Gasteiger partial charge in [0, 0.05) is 12.8 Å². The normalized spacial score (nSPS) is 7.89. The van der Waals surface area contributed by atoms with Crippen molar-refractivity contribution in [3.8, 4) is 12.1 Å². The Labute approximate surface area is 112 Å². The third kappa shape index (κ3) is 46.1. The fourth-order valence-corrected chi connectivity index (χ4v) is 0.908. The number of aliphatic hydroxyl groups is 2. The zero-order valence-electron chi connectivity index (χ0n) is 11.9. The maximum atomic E-state index is 8.04. The summed E-state index contributed by atoms with van der Waals surface area (Å²) in [5.41, 5.74) is 0. The molecule has 0 rings (SSSR count). The first-order valence-corrected chi connectivity index (χ1v) is 6.70. The molecule has 106 valence electrons. The Bertz CT molecular complexity index is 173. The van der Waals surface area contributed by atoms with Crippen molar-refractivity contribution >= 4 is 0 Å². The van der Waals surface area contributed by atoms with Crippen molar-refractivity contribution in [2.24, 2.45) is 0 Å². The summed E-state index contributed by atoms with van der Waals surface area (Å²) in [6.45, 7) is 4.02. The van der Waals surface area contributed by atoms with Gasteiger partial charge in [-0.15, -0.1) is 0 Å². The summed E-state index contributed by atoms with van der Waals surface area (Å²) in [5, 5.41) is 31.3. The van der Waals surface area contributed by atoms with E-state index in [1.807, 2.05) is 0 Å². The van der Waals surface area contributed by atoms with E-state index in [2.05, 4.69) is 26.0 Å². The molecule has 0 fully saturated rings. The van der Waals surface area contributed by atoms with Crippen LogP contribution >= 0.6 is 0 Å². The molecule has 0 radical (unpaired) electrons. The highest BCUT2D eigenvalue weighted by atomic mass is 16.3. The zero-order chi connectivity index (χ0) is 14.5. The molecular formula is C14H28N2O2. The summed E-state index contributed by atoms with van der Waals surface area (Å²) in [7, 11) is 0. The lowest BCUT2D eigenvalue weighted by molar-refractivity contribution is 0.186. The smallest absolute Gasteiger partial charge is 0.0662 e. The van der Waals surface area contributed by atoms with Gasteiger partial charge < -0.3 is 10.2 Å². The van der Waals surface area contributed by atoms with Crippen molar-refractivity contribution in [2.45, 2.75) is 65.2 Å². The largest absolute Gasteiger partial charge is 0.394 e. The van der Waals surface area contributed by atoms with Crippen LogP contribution in [-0.2, 0) is 0 Å². The Hall–Kier alpha value is -1.10. The van der Waals surface area contributed by atoms with E-state index in [9.17, 15) is 0 Å². The van der Waals surface area contributed by atoms with Crippen LogP contribution in [0.15, 0.2) is 0 Å². The van der Waals surface area contributed by atoms with E-state index >= 15 is 0 Å². The van der Waals surface area contributed by atoms with E-state index in [4.69, 9.17) is 20.7 Å². The second-order valence-corrected chi connectivity index (χ2v) is 3.68. The Morgan fingerprint density at radius 2 is 1.06 bits per heavy atom. The average molecular weight is 256 g/mol. The first-order chi connectivity index (χ1) is 8.74. The first kappa shape index (κ1) is 22.1. The number of nitriles is 2. The van der Waals surface area contributed by atoms with Gasteiger partial charge in [-0.25, -0.2) is 0 Å². The monoisotopic (exact) mass is 256 g/mol. The van der Waals surface area contributed by atoms with E-state index in [0.29, 0.717) is 0 Å². The van der Waals surface area contributed by atoms with E-state index < -0.39 is 0 Å². The number of hydrogen-bond acceptors (Lipinski definition) is 4. The molecule has 2 N–H and O–H groups in total. The Kier molecular flexibility index (Phi) is 36.5. The minimum absolute atomic E-state index is 0.125. The molecule has 0 aromatic heterocycles. The van der Waals surface area contributed by atoms with Crippen LogP contribution in [-0.4, -0.2) is 23.4 Å². The lowest BCUT2D eigenvalue weighted by Gasteiger charge is -1.84. The molecule has 4 heteroatoms. The summed E-state index contributed by atoms with van der Waals surface area (Å²) in [4.78, 5) is 0. The van der Waals surface area contributed by atoms with Gasteiger partial charge in [0.05, 0.1) is 25.4 Å². The topological polar surface area (TPSA) is 88.0 Å². The van der Waals surface area contributed by atoms with Crippen molar-refractivity contribution in [2.75, 3.05) is 13.2 Å². The highest BCUT2D eigenvalue weighted by Crippen LogP contribution is 1.96. The highest BCUT2D eigenvalue weighted by Gasteiger charge is 1.80. The number of nitrogens with zero attached hydrogens (tertiary/aromatic N) is 2. The quantitative estimate of drug-likeness (QED) is 0.685. The van der Waals surface area contributed by atoms with Crippen LogP contribution in [0.3, 0.4) is 0 Å². The van der Waals surface area contributed by atoms with Gasteiger partial charge in [-0.2, -0.15) is 10.5 Å². The summed E-state index contributed by atoms with van der Waals surface area (Å²) in [6, 6.07) is 4.20. The molecule has 0 amide bonds. The van der Waals surface area contributed by atoms with Gasteiger partial charge in [-0.3, -0.25) is 0 Å². The van der Waals surface area contributed by atoms with Gasteiger partial charge >= 0.3 is 0 Å². The van der Waals surface area contributed by atoms with Crippen LogP contribution < -0.4 is 0 Å². The number of unbranched alkanes of at least 4 members (excludes halogenated alkanes) is 6. The van der Waals surface area contributed by atoms with E-state index in [-0.39, 0.29) is 13.2 Å². The molecular weight excluding hydrogens is 228 g/mol. The van der Waals surface area contributed by atoms with Crippen LogP contribution in [0.1, 0.15) is 65.2 Å². The summed E-state index contributed by atoms with van der Waals surface area (Å²) >= 11 is 0. The van der Waals surface area contributed by atoms with Crippen molar-refractivity contribution < 1.29 is 10.2 Å². The number of rotatable bonds is 7. The number of hydrogen-bond donors (Lipinski definition) is 2. The molecule has 4 nitrogen and oxygen atoms in total. The average Bonchev–Trinajstić information content (AvgIpc) is 2.41. The van der Waals surface area contributed by atoms with E-state index in [1.54, 1.807) is 0 Å². The fourth-order valence-electron chi connectivity index (χ4n) is 0.908. The SMILES string of the molecule is CCCCCC#N.CCCCCC#N.OCCO. The molecule has 0 saturated carbocycles. The maximum Gasteiger partial charge on any atom is 0.0662 e. The molecule has 0 heterocycles. The molecule has 0 aromatic rings. The lowest BCUT2D eigenvalue weighted by atomic mass is 10.2. The molecule has 0 aromatic carbocycles. The minimum Gasteiger partial charge on any atom is -0.394 e. The van der Waals surface area contributed by atoms with Crippen LogP contribution in [0.5, 0.6) is 0 Å². The third-order valence-electron chi connectivity index (χ3n) is 1.88. The zero-order valence-corrected chi connectivity index (χ0v) is 11.9. The predicted molar refractivity (Wildman–Crippen MR) is 73.7 cm³/mol. The lowest BCUT2D eigenvalue weighted by Crippen LogP contribution is -1.85. The van der Waals surface area contributed by atoms with Gasteiger partial charge in [-0.05, 0) is 12.8 Å². The molecule has 0 spiro atoms. The molecule has 0 unspecified atom stereocenters. The summed E-state index contributed by atoms with van der Waals surface area (Å²) in [6.07, 6.45) is 8.44. The molecule has 0 saturated heterocycles. The summed E-state index contributed by atoms with van der Waals surface area (Å²) < 4.78 is 0. The van der Waals surface area contributed by atoms with Crippen molar-refractivity contribution in [1.82, 2.24) is 0 Å². The van der Waals surface area contributed by atoms with Gasteiger partial charge in [-0.1, -0.05) is 39.5 Å². The first-order valence-electron chi connectivity index (χ1n) is 6.70. The second-order valence-electron chi connectivity index (χ2n) is 3.68. The van der Waals surface area contributed by atoms with E-state index in [1.165, 1.54) is 25.7 Å². The van der Waals surface area contributed by atoms with E-state index in [0.717, 1.165) is 25.7 Å². The van der Waals surface area contributed by atoms with Crippen LogP contribution in [0.25, 0.3) is 0 Å². The van der Waals surface area contributed by atoms with Gasteiger partial charge in [0.15, 0.2) is 0 Å². The van der Waals surface area contributed by atoms with Gasteiger partial charge in [0.2, 0.25) is 0 Å². The standard InChI is InChI=1S/2C6H11N.C2H6O2/c2*1-2-3-4-5-6-7;3-1-2-4/h2*2-5H2,1H3;3-4H,1-2H2. The van der Waals surface area contributed by atoms with Gasteiger partial charge in [0.25, 0.3) is 0 Å². The Balaban J connectivity index is -0.000000196. The molecule has 0 aliphatic heterocycles. The third-order valence-corrected chi connectivity index (χ3v) is 1.88. The second kappa shape index (κ2) is 29.7. The molecule has 0 aliphatic carbocycles. The highest BCUT2D eigenvalue weighted by molar-refractivity contribution is 4.67. The minimum atomic E-state index is -0.125. The van der Waals surface area contributed by atoms with Crippen molar-refractivity contribution in [3.05, 3.63) is 0 Å². The molecule has 18 heavy (non-hydrogen) atoms. The molecule has 0 atom stereocenters.